The highest BCUT2D eigenvalue weighted by atomic mass is 35.5. The molecule has 116 valence electrons. The summed E-state index contributed by atoms with van der Waals surface area (Å²) >= 11 is 6.05. The smallest absolute Gasteiger partial charge is 0.253 e. The summed E-state index contributed by atoms with van der Waals surface area (Å²) in [6.07, 6.45) is 7.22. The quantitative estimate of drug-likeness (QED) is 0.909. The number of aromatic nitrogens is 1. The molecule has 1 aromatic heterocycles. The summed E-state index contributed by atoms with van der Waals surface area (Å²) in [4.78, 5) is 24.4. The lowest BCUT2D eigenvalue weighted by Crippen LogP contribution is -2.36. The summed E-state index contributed by atoms with van der Waals surface area (Å²) in [5, 5.41) is 4.37. The van der Waals surface area contributed by atoms with Crippen LogP contribution in [0.25, 0.3) is 10.9 Å². The van der Waals surface area contributed by atoms with Gasteiger partial charge in [0.25, 0.3) is 5.91 Å². The first-order chi connectivity index (χ1) is 10.6. The molecule has 0 spiro atoms. The number of amides is 1. The van der Waals surface area contributed by atoms with Crippen LogP contribution in [-0.4, -0.2) is 22.4 Å². The number of rotatable bonds is 2. The van der Waals surface area contributed by atoms with Crippen molar-refractivity contribution in [2.75, 3.05) is 0 Å². The third kappa shape index (κ3) is 2.88. The van der Waals surface area contributed by atoms with Crippen molar-refractivity contribution in [2.24, 2.45) is 0 Å². The van der Waals surface area contributed by atoms with Crippen LogP contribution < -0.4 is 5.32 Å². The van der Waals surface area contributed by atoms with Crippen LogP contribution in [0.4, 0.5) is 0 Å². The van der Waals surface area contributed by atoms with Gasteiger partial charge in [-0.2, -0.15) is 0 Å². The van der Waals surface area contributed by atoms with E-state index in [1.807, 2.05) is 0 Å². The van der Waals surface area contributed by atoms with Crippen molar-refractivity contribution in [2.45, 2.75) is 45.1 Å². The van der Waals surface area contributed by atoms with Gasteiger partial charge in [0.2, 0.25) is 5.91 Å². The van der Waals surface area contributed by atoms with E-state index in [2.05, 4.69) is 5.32 Å². The molecule has 0 radical (unpaired) electrons. The number of fused-ring (bicyclic) bond motifs is 1. The van der Waals surface area contributed by atoms with Crippen molar-refractivity contribution in [1.29, 1.82) is 0 Å². The Balaban J connectivity index is 1.96. The molecule has 1 aromatic carbocycles. The van der Waals surface area contributed by atoms with E-state index in [0.29, 0.717) is 16.1 Å². The van der Waals surface area contributed by atoms with Gasteiger partial charge in [-0.1, -0.05) is 30.9 Å². The van der Waals surface area contributed by atoms with Gasteiger partial charge in [-0.15, -0.1) is 0 Å². The van der Waals surface area contributed by atoms with Crippen LogP contribution in [0.15, 0.2) is 24.4 Å². The van der Waals surface area contributed by atoms with Gasteiger partial charge in [-0.3, -0.25) is 14.2 Å². The minimum atomic E-state index is -0.126. The molecular weight excluding hydrogens is 300 g/mol. The largest absolute Gasteiger partial charge is 0.349 e. The first-order valence-corrected chi connectivity index (χ1v) is 8.06. The van der Waals surface area contributed by atoms with Crippen molar-refractivity contribution in [3.63, 3.8) is 0 Å². The standard InChI is InChI=1S/C17H19ClN2O2/c1-11(21)20-10-15(14-9-12(18)7-8-16(14)20)17(22)19-13-5-3-2-4-6-13/h7-10,13H,2-6H2,1H3,(H,19,22). The Hall–Kier alpha value is -1.81. The van der Waals surface area contributed by atoms with Crippen molar-refractivity contribution in [1.82, 2.24) is 9.88 Å². The number of hydrogen-bond acceptors (Lipinski definition) is 2. The van der Waals surface area contributed by atoms with Crippen LogP contribution in [0.5, 0.6) is 0 Å². The maximum absolute atomic E-state index is 12.6. The summed E-state index contributed by atoms with van der Waals surface area (Å²) < 4.78 is 1.50. The van der Waals surface area contributed by atoms with Crippen LogP contribution in [0.2, 0.25) is 5.02 Å². The Morgan fingerprint density at radius 2 is 1.95 bits per heavy atom. The van der Waals surface area contributed by atoms with E-state index in [4.69, 9.17) is 11.6 Å². The number of hydrogen-bond donors (Lipinski definition) is 1. The molecule has 22 heavy (non-hydrogen) atoms. The van der Waals surface area contributed by atoms with Gasteiger partial charge in [-0.05, 0) is 31.0 Å². The fourth-order valence-corrected chi connectivity index (χ4v) is 3.33. The molecular formula is C17H19ClN2O2. The fourth-order valence-electron chi connectivity index (χ4n) is 3.15. The van der Waals surface area contributed by atoms with E-state index in [-0.39, 0.29) is 17.9 Å². The fraction of sp³-hybridized carbons (Fsp3) is 0.412. The number of carbonyl (C=O) groups excluding carboxylic acids is 2. The van der Waals surface area contributed by atoms with Crippen molar-refractivity contribution in [3.05, 3.63) is 35.0 Å². The highest BCUT2D eigenvalue weighted by Crippen LogP contribution is 2.26. The second-order valence-corrected chi connectivity index (χ2v) is 6.34. The Morgan fingerprint density at radius 3 is 2.64 bits per heavy atom. The summed E-state index contributed by atoms with van der Waals surface area (Å²) in [5.74, 6) is -0.247. The first-order valence-electron chi connectivity index (χ1n) is 7.68. The van der Waals surface area contributed by atoms with E-state index in [0.717, 1.165) is 31.1 Å². The Morgan fingerprint density at radius 1 is 1.23 bits per heavy atom. The number of benzene rings is 1. The van der Waals surface area contributed by atoms with Crippen LogP contribution in [0, 0.1) is 0 Å². The van der Waals surface area contributed by atoms with E-state index >= 15 is 0 Å². The van der Waals surface area contributed by atoms with Crippen molar-refractivity contribution >= 4 is 34.3 Å². The number of nitrogens with zero attached hydrogens (tertiary/aromatic N) is 1. The lowest BCUT2D eigenvalue weighted by Gasteiger charge is -2.22. The van der Waals surface area contributed by atoms with Crippen molar-refractivity contribution in [3.8, 4) is 0 Å². The zero-order chi connectivity index (χ0) is 15.7. The van der Waals surface area contributed by atoms with Gasteiger partial charge in [0.1, 0.15) is 0 Å². The molecule has 0 aliphatic heterocycles. The van der Waals surface area contributed by atoms with Gasteiger partial charge in [-0.25, -0.2) is 0 Å². The second-order valence-electron chi connectivity index (χ2n) is 5.90. The number of halogens is 1. The molecule has 1 aliphatic carbocycles. The van der Waals surface area contributed by atoms with Gasteiger partial charge in [0.05, 0.1) is 11.1 Å². The molecule has 1 heterocycles. The van der Waals surface area contributed by atoms with Crippen LogP contribution in [-0.2, 0) is 0 Å². The van der Waals surface area contributed by atoms with E-state index in [1.54, 1.807) is 24.4 Å². The predicted molar refractivity (Wildman–Crippen MR) is 87.6 cm³/mol. The van der Waals surface area contributed by atoms with Gasteiger partial charge in [0, 0.05) is 29.6 Å². The average Bonchev–Trinajstić information content (AvgIpc) is 2.87. The second kappa shape index (κ2) is 6.13. The topological polar surface area (TPSA) is 51.1 Å². The third-order valence-corrected chi connectivity index (χ3v) is 4.53. The molecule has 2 aromatic rings. The third-order valence-electron chi connectivity index (χ3n) is 4.29. The molecule has 3 rings (SSSR count). The number of nitrogens with one attached hydrogen (secondary N) is 1. The van der Waals surface area contributed by atoms with Crippen LogP contribution in [0.3, 0.4) is 0 Å². The molecule has 0 bridgehead atoms. The zero-order valence-electron chi connectivity index (χ0n) is 12.6. The molecule has 0 saturated heterocycles. The average molecular weight is 319 g/mol. The first kappa shape index (κ1) is 15.1. The number of carbonyl (C=O) groups is 2. The molecule has 1 saturated carbocycles. The molecule has 5 heteroatoms. The normalized spacial score (nSPS) is 15.9. The Kier molecular flexibility index (Phi) is 4.21. The van der Waals surface area contributed by atoms with E-state index in [1.165, 1.54) is 17.9 Å². The van der Waals surface area contributed by atoms with Gasteiger partial charge < -0.3 is 5.32 Å². The minimum Gasteiger partial charge on any atom is -0.349 e. The summed E-state index contributed by atoms with van der Waals surface area (Å²) in [6, 6.07) is 5.48. The molecule has 0 atom stereocenters. The van der Waals surface area contributed by atoms with E-state index < -0.39 is 0 Å². The monoisotopic (exact) mass is 318 g/mol. The van der Waals surface area contributed by atoms with E-state index in [9.17, 15) is 9.59 Å². The Bertz CT molecular complexity index is 730. The lowest BCUT2D eigenvalue weighted by atomic mass is 9.95. The highest BCUT2D eigenvalue weighted by molar-refractivity contribution is 6.31. The highest BCUT2D eigenvalue weighted by Gasteiger charge is 2.21. The maximum Gasteiger partial charge on any atom is 0.253 e. The molecule has 1 amide bonds. The van der Waals surface area contributed by atoms with Crippen molar-refractivity contribution < 1.29 is 9.59 Å². The van der Waals surface area contributed by atoms with Gasteiger partial charge in [0.15, 0.2) is 0 Å². The molecule has 1 N–H and O–H groups in total. The summed E-state index contributed by atoms with van der Waals surface area (Å²) in [6.45, 7) is 1.48. The summed E-state index contributed by atoms with van der Waals surface area (Å²) in [7, 11) is 0. The van der Waals surface area contributed by atoms with Crippen LogP contribution in [0.1, 0.15) is 54.2 Å². The molecule has 1 fully saturated rings. The predicted octanol–water partition coefficient (Wildman–Crippen LogP) is 4.02. The zero-order valence-corrected chi connectivity index (χ0v) is 13.3. The maximum atomic E-state index is 12.6. The molecule has 4 nitrogen and oxygen atoms in total. The molecule has 1 aliphatic rings. The SMILES string of the molecule is CC(=O)n1cc(C(=O)NC2CCCCC2)c2cc(Cl)ccc21. The lowest BCUT2D eigenvalue weighted by molar-refractivity contribution is 0.0929. The van der Waals surface area contributed by atoms with Gasteiger partial charge >= 0.3 is 0 Å². The minimum absolute atomic E-state index is 0.121. The summed E-state index contributed by atoms with van der Waals surface area (Å²) in [5.41, 5.74) is 1.23. The Labute approximate surface area is 134 Å². The molecule has 0 unspecified atom stereocenters. The van der Waals surface area contributed by atoms with Crippen LogP contribution >= 0.6 is 11.6 Å².